The lowest BCUT2D eigenvalue weighted by Crippen LogP contribution is -2.33. The van der Waals surface area contributed by atoms with Crippen LogP contribution < -0.4 is 0 Å². The van der Waals surface area contributed by atoms with E-state index in [1.165, 1.54) is 13.2 Å². The van der Waals surface area contributed by atoms with Crippen LogP contribution >= 0.6 is 11.6 Å². The van der Waals surface area contributed by atoms with Crippen molar-refractivity contribution < 1.29 is 28.7 Å². The zero-order valence-electron chi connectivity index (χ0n) is 16.1. The third-order valence-corrected chi connectivity index (χ3v) is 4.83. The number of ether oxygens (including phenoxy) is 2. The number of rotatable bonds is 8. The predicted octanol–water partition coefficient (Wildman–Crippen LogP) is 2.78. The summed E-state index contributed by atoms with van der Waals surface area (Å²) in [7, 11) is 1.17. The molecule has 0 spiro atoms. The van der Waals surface area contributed by atoms with E-state index in [4.69, 9.17) is 16.3 Å². The third kappa shape index (κ3) is 4.48. The van der Waals surface area contributed by atoms with Gasteiger partial charge in [0, 0.05) is 5.02 Å². The molecule has 2 aromatic carbocycles. The minimum atomic E-state index is -0.816. The molecule has 0 aromatic heterocycles. The van der Waals surface area contributed by atoms with Crippen molar-refractivity contribution in [2.45, 2.75) is 0 Å². The van der Waals surface area contributed by atoms with Gasteiger partial charge < -0.3 is 9.47 Å². The summed E-state index contributed by atoms with van der Waals surface area (Å²) in [5.74, 6) is -2.23. The van der Waals surface area contributed by atoms with Crippen molar-refractivity contribution in [3.05, 3.63) is 75.8 Å². The molecule has 8 heteroatoms. The minimum Gasteiger partial charge on any atom is -0.465 e. The number of fused-ring (bicyclic) bond motifs is 1. The van der Waals surface area contributed by atoms with Crippen molar-refractivity contribution in [2.24, 2.45) is 0 Å². The van der Waals surface area contributed by atoms with Crippen molar-refractivity contribution in [1.29, 1.82) is 0 Å². The van der Waals surface area contributed by atoms with Gasteiger partial charge >= 0.3 is 5.97 Å². The number of benzene rings is 2. The van der Waals surface area contributed by atoms with Crippen molar-refractivity contribution in [3.63, 3.8) is 0 Å². The molecule has 154 valence electrons. The molecule has 7 nitrogen and oxygen atoms in total. The summed E-state index contributed by atoms with van der Waals surface area (Å²) in [6.45, 7) is -0.492. The molecule has 2 aromatic rings. The van der Waals surface area contributed by atoms with Gasteiger partial charge in [0.05, 0.1) is 31.4 Å². The number of hydrogen-bond acceptors (Lipinski definition) is 6. The first-order chi connectivity index (χ1) is 14.4. The van der Waals surface area contributed by atoms with E-state index in [0.29, 0.717) is 21.7 Å². The molecule has 2 amide bonds. The molecule has 0 bridgehead atoms. The van der Waals surface area contributed by atoms with Crippen LogP contribution in [-0.4, -0.2) is 55.3 Å². The molecule has 0 radical (unpaired) electrons. The number of ketones is 1. The van der Waals surface area contributed by atoms with Crippen molar-refractivity contribution in [2.75, 3.05) is 26.9 Å². The van der Waals surface area contributed by atoms with Crippen LogP contribution in [0.2, 0.25) is 5.02 Å². The normalized spacial score (nSPS) is 13.4. The van der Waals surface area contributed by atoms with Crippen LogP contribution in [0.3, 0.4) is 0 Å². The summed E-state index contributed by atoms with van der Waals surface area (Å²) < 4.78 is 9.99. The first kappa shape index (κ1) is 21.4. The van der Waals surface area contributed by atoms with Crippen molar-refractivity contribution in [1.82, 2.24) is 4.90 Å². The lowest BCUT2D eigenvalue weighted by molar-refractivity contribution is -0.138. The number of hydrogen-bond donors (Lipinski definition) is 0. The highest BCUT2D eigenvalue weighted by Crippen LogP contribution is 2.22. The molecular weight excluding hydrogens is 410 g/mol. The monoisotopic (exact) mass is 427 g/mol. The molecule has 1 heterocycles. The maximum Gasteiger partial charge on any atom is 0.341 e. The average Bonchev–Trinajstić information content (AvgIpc) is 3.00. The van der Waals surface area contributed by atoms with E-state index in [-0.39, 0.29) is 18.7 Å². The highest BCUT2D eigenvalue weighted by atomic mass is 35.5. The average molecular weight is 428 g/mol. The Hall–Kier alpha value is -3.29. The standard InChI is InChI=1S/C22H18ClNO6/c1-29-22(28)17(12-14-6-2-5-9-18(14)23)19(25)13-30-11-10-24-20(26)15-7-3-4-8-16(15)21(24)27/h2-9,12H,10-11,13H2,1H3/b17-12+. The smallest absolute Gasteiger partial charge is 0.341 e. The largest absolute Gasteiger partial charge is 0.465 e. The number of esters is 1. The highest BCUT2D eigenvalue weighted by molar-refractivity contribution is 6.32. The molecule has 3 rings (SSSR count). The van der Waals surface area contributed by atoms with E-state index >= 15 is 0 Å². The molecule has 0 saturated carbocycles. The Balaban J connectivity index is 1.60. The van der Waals surface area contributed by atoms with E-state index in [2.05, 4.69) is 4.74 Å². The Morgan fingerprint density at radius 1 is 1.00 bits per heavy atom. The van der Waals surface area contributed by atoms with Crippen LogP contribution in [0.5, 0.6) is 0 Å². The van der Waals surface area contributed by atoms with Crippen LogP contribution in [0.1, 0.15) is 26.3 Å². The van der Waals surface area contributed by atoms with Crippen LogP contribution in [0.25, 0.3) is 6.08 Å². The third-order valence-electron chi connectivity index (χ3n) is 4.48. The fourth-order valence-corrected chi connectivity index (χ4v) is 3.14. The van der Waals surface area contributed by atoms with Crippen LogP contribution in [0.4, 0.5) is 0 Å². The summed E-state index contributed by atoms with van der Waals surface area (Å²) in [4.78, 5) is 50.2. The first-order valence-corrected chi connectivity index (χ1v) is 9.42. The van der Waals surface area contributed by atoms with E-state index in [0.717, 1.165) is 4.90 Å². The lowest BCUT2D eigenvalue weighted by atomic mass is 10.1. The van der Waals surface area contributed by atoms with Gasteiger partial charge in [0.2, 0.25) is 0 Å². The van der Waals surface area contributed by atoms with E-state index in [1.807, 2.05) is 0 Å². The number of amides is 2. The summed E-state index contributed by atoms with van der Waals surface area (Å²) >= 11 is 6.08. The molecule has 0 N–H and O–H groups in total. The maximum atomic E-state index is 12.5. The maximum absolute atomic E-state index is 12.5. The van der Waals surface area contributed by atoms with Gasteiger partial charge in [-0.15, -0.1) is 0 Å². The summed E-state index contributed by atoms with van der Waals surface area (Å²) in [6.07, 6.45) is 1.34. The molecule has 1 aliphatic rings. The number of halogens is 1. The Morgan fingerprint density at radius 3 is 2.20 bits per heavy atom. The van der Waals surface area contributed by atoms with Crippen molar-refractivity contribution >= 4 is 41.2 Å². The fraction of sp³-hybridized carbons (Fsp3) is 0.182. The van der Waals surface area contributed by atoms with Gasteiger partial charge in [0.25, 0.3) is 11.8 Å². The fourth-order valence-electron chi connectivity index (χ4n) is 2.95. The van der Waals surface area contributed by atoms with E-state index in [9.17, 15) is 19.2 Å². The number of carbonyl (C=O) groups excluding carboxylic acids is 4. The number of Topliss-reactive ketones (excluding diaryl/α,β-unsaturated/α-hetero) is 1. The van der Waals surface area contributed by atoms with Gasteiger partial charge in [-0.1, -0.05) is 41.9 Å². The molecule has 0 saturated heterocycles. The number of methoxy groups -OCH3 is 1. The first-order valence-electron chi connectivity index (χ1n) is 9.04. The van der Waals surface area contributed by atoms with Crippen LogP contribution in [0.15, 0.2) is 54.1 Å². The molecule has 0 atom stereocenters. The van der Waals surface area contributed by atoms with Gasteiger partial charge in [0.15, 0.2) is 5.78 Å². The van der Waals surface area contributed by atoms with E-state index < -0.39 is 30.2 Å². The second-order valence-electron chi connectivity index (χ2n) is 6.35. The number of nitrogens with zero attached hydrogens (tertiary/aromatic N) is 1. The topological polar surface area (TPSA) is 90.0 Å². The summed E-state index contributed by atoms with van der Waals surface area (Å²) in [6, 6.07) is 13.3. The quantitative estimate of drug-likeness (QED) is 0.161. The molecule has 1 aliphatic heterocycles. The zero-order chi connectivity index (χ0) is 21.7. The van der Waals surface area contributed by atoms with Gasteiger partial charge in [-0.2, -0.15) is 0 Å². The second-order valence-corrected chi connectivity index (χ2v) is 6.76. The molecule has 0 aliphatic carbocycles. The summed E-state index contributed by atoms with van der Waals surface area (Å²) in [5.41, 5.74) is 0.953. The minimum absolute atomic E-state index is 0.0125. The zero-order valence-corrected chi connectivity index (χ0v) is 16.8. The molecule has 30 heavy (non-hydrogen) atoms. The lowest BCUT2D eigenvalue weighted by Gasteiger charge is -2.13. The SMILES string of the molecule is COC(=O)/C(=C/c1ccccc1Cl)C(=O)COCCN1C(=O)c2ccccc2C1=O. The molecule has 0 fully saturated rings. The predicted molar refractivity (Wildman–Crippen MR) is 109 cm³/mol. The molecular formula is C22H18ClNO6. The number of carbonyl (C=O) groups is 4. The van der Waals surface area contributed by atoms with Crippen LogP contribution in [0, 0.1) is 0 Å². The van der Waals surface area contributed by atoms with Gasteiger partial charge in [-0.05, 0) is 29.8 Å². The summed E-state index contributed by atoms with van der Waals surface area (Å²) in [5, 5.41) is 0.373. The van der Waals surface area contributed by atoms with Crippen molar-refractivity contribution in [3.8, 4) is 0 Å². The van der Waals surface area contributed by atoms with Gasteiger partial charge in [-0.3, -0.25) is 19.3 Å². The molecule has 0 unspecified atom stereocenters. The Labute approximate surface area is 177 Å². The van der Waals surface area contributed by atoms with E-state index in [1.54, 1.807) is 48.5 Å². The van der Waals surface area contributed by atoms with Gasteiger partial charge in [0.1, 0.15) is 12.2 Å². The Morgan fingerprint density at radius 2 is 1.60 bits per heavy atom. The van der Waals surface area contributed by atoms with Gasteiger partial charge in [-0.25, -0.2) is 4.79 Å². The highest BCUT2D eigenvalue weighted by Gasteiger charge is 2.34. The number of imide groups is 1. The Bertz CT molecular complexity index is 1010. The second kappa shape index (κ2) is 9.47. The Kier molecular flexibility index (Phi) is 6.76. The van der Waals surface area contributed by atoms with Crippen LogP contribution in [-0.2, 0) is 19.1 Å².